The number of phenolic OH excluding ortho intramolecular Hbond substituents is 1. The predicted octanol–water partition coefficient (Wildman–Crippen LogP) is 2.86. The van der Waals surface area contributed by atoms with Crippen LogP contribution in [0.4, 0.5) is 5.69 Å². The maximum Gasteiger partial charge on any atom is 0.262 e. The Bertz CT molecular complexity index is 714. The first-order chi connectivity index (χ1) is 9.42. The van der Waals surface area contributed by atoms with E-state index in [1.807, 2.05) is 0 Å². The number of phenols is 1. The summed E-state index contributed by atoms with van der Waals surface area (Å²) in [7, 11) is -2.35. The minimum atomic E-state index is -3.78. The number of ether oxygens (including phenoxy) is 1. The van der Waals surface area contributed by atoms with Crippen molar-refractivity contribution < 1.29 is 18.3 Å². The second-order valence-electron chi connectivity index (χ2n) is 3.94. The Balaban J connectivity index is 2.37. The topological polar surface area (TPSA) is 75.6 Å². The van der Waals surface area contributed by atoms with E-state index in [0.29, 0.717) is 10.8 Å². The monoisotopic (exact) mass is 313 g/mol. The Morgan fingerprint density at radius 1 is 1.15 bits per heavy atom. The van der Waals surface area contributed by atoms with Crippen molar-refractivity contribution in [3.05, 3.63) is 47.5 Å². The van der Waals surface area contributed by atoms with Gasteiger partial charge in [0.05, 0.1) is 17.7 Å². The molecule has 2 rings (SSSR count). The molecule has 106 valence electrons. The number of hydrogen-bond donors (Lipinski definition) is 2. The van der Waals surface area contributed by atoms with Gasteiger partial charge in [-0.2, -0.15) is 0 Å². The van der Waals surface area contributed by atoms with Gasteiger partial charge in [-0.25, -0.2) is 8.42 Å². The molecule has 5 nitrogen and oxygen atoms in total. The molecule has 0 atom stereocenters. The third kappa shape index (κ3) is 3.15. The lowest BCUT2D eigenvalue weighted by Gasteiger charge is -2.12. The van der Waals surface area contributed by atoms with Crippen LogP contribution in [0.2, 0.25) is 5.02 Å². The molecule has 7 heteroatoms. The molecule has 0 saturated carbocycles. The largest absolute Gasteiger partial charge is 0.508 e. The smallest absolute Gasteiger partial charge is 0.262 e. The van der Waals surface area contributed by atoms with E-state index in [9.17, 15) is 13.5 Å². The first-order valence-corrected chi connectivity index (χ1v) is 7.44. The van der Waals surface area contributed by atoms with Crippen LogP contribution in [0.15, 0.2) is 47.4 Å². The van der Waals surface area contributed by atoms with Gasteiger partial charge in [-0.15, -0.1) is 0 Å². The van der Waals surface area contributed by atoms with Crippen molar-refractivity contribution in [2.45, 2.75) is 4.90 Å². The number of hydrogen-bond acceptors (Lipinski definition) is 4. The number of rotatable bonds is 4. The molecule has 0 unspecified atom stereocenters. The van der Waals surface area contributed by atoms with Crippen LogP contribution in [0.25, 0.3) is 0 Å². The third-order valence-corrected chi connectivity index (χ3v) is 4.17. The van der Waals surface area contributed by atoms with Crippen LogP contribution < -0.4 is 9.46 Å². The van der Waals surface area contributed by atoms with Crippen LogP contribution in [0.1, 0.15) is 0 Å². The van der Waals surface area contributed by atoms with Crippen LogP contribution >= 0.6 is 11.6 Å². The second kappa shape index (κ2) is 5.60. The number of benzene rings is 2. The van der Waals surface area contributed by atoms with Crippen molar-refractivity contribution in [2.24, 2.45) is 0 Å². The highest BCUT2D eigenvalue weighted by molar-refractivity contribution is 7.92. The summed E-state index contributed by atoms with van der Waals surface area (Å²) in [4.78, 5) is 0.0253. The minimum Gasteiger partial charge on any atom is -0.508 e. The first kappa shape index (κ1) is 14.5. The van der Waals surface area contributed by atoms with Crippen molar-refractivity contribution in [2.75, 3.05) is 11.8 Å². The molecular weight excluding hydrogens is 302 g/mol. The zero-order valence-corrected chi connectivity index (χ0v) is 12.1. The predicted molar refractivity (Wildman–Crippen MR) is 76.9 cm³/mol. The Labute approximate surface area is 121 Å². The van der Waals surface area contributed by atoms with E-state index in [2.05, 4.69) is 4.72 Å². The summed E-state index contributed by atoms with van der Waals surface area (Å²) in [6.07, 6.45) is 0. The molecule has 0 fully saturated rings. The molecule has 0 aliphatic heterocycles. The lowest BCUT2D eigenvalue weighted by atomic mass is 10.3. The third-order valence-electron chi connectivity index (χ3n) is 2.55. The maximum atomic E-state index is 12.2. The average Bonchev–Trinajstić information content (AvgIpc) is 2.39. The van der Waals surface area contributed by atoms with Gasteiger partial charge in [0, 0.05) is 5.02 Å². The van der Waals surface area contributed by atoms with Crippen molar-refractivity contribution in [1.82, 2.24) is 0 Å². The fourth-order valence-corrected chi connectivity index (χ4v) is 2.82. The Morgan fingerprint density at radius 3 is 2.40 bits per heavy atom. The SMILES string of the molecule is COc1ccc(Cl)cc1NS(=O)(=O)c1ccc(O)cc1. The quantitative estimate of drug-likeness (QED) is 0.910. The van der Waals surface area contributed by atoms with Gasteiger partial charge in [0.25, 0.3) is 10.0 Å². The standard InChI is InChI=1S/C13H12ClNO4S/c1-19-13-7-2-9(14)8-12(13)15-20(17,18)11-5-3-10(16)4-6-11/h2-8,15-16H,1H3. The summed E-state index contributed by atoms with van der Waals surface area (Å²) in [6.45, 7) is 0. The Hall–Kier alpha value is -1.92. The lowest BCUT2D eigenvalue weighted by molar-refractivity contribution is 0.417. The van der Waals surface area contributed by atoms with Crippen molar-refractivity contribution in [3.63, 3.8) is 0 Å². The van der Waals surface area contributed by atoms with Crippen LogP contribution in [0.3, 0.4) is 0 Å². The highest BCUT2D eigenvalue weighted by Gasteiger charge is 2.16. The number of nitrogens with one attached hydrogen (secondary N) is 1. The van der Waals surface area contributed by atoms with Gasteiger partial charge in [0.1, 0.15) is 11.5 Å². The molecule has 0 saturated heterocycles. The fourth-order valence-electron chi connectivity index (χ4n) is 1.59. The molecule has 0 spiro atoms. The second-order valence-corrected chi connectivity index (χ2v) is 6.06. The van der Waals surface area contributed by atoms with E-state index < -0.39 is 10.0 Å². The van der Waals surface area contributed by atoms with E-state index in [4.69, 9.17) is 16.3 Å². The molecule has 0 aromatic heterocycles. The minimum absolute atomic E-state index is 0.00992. The fraction of sp³-hybridized carbons (Fsp3) is 0.0769. The summed E-state index contributed by atoms with van der Waals surface area (Å²) in [5, 5.41) is 9.56. The molecule has 2 aromatic carbocycles. The van der Waals surface area contributed by atoms with Gasteiger partial charge in [-0.3, -0.25) is 4.72 Å². The van der Waals surface area contributed by atoms with Gasteiger partial charge in [-0.05, 0) is 42.5 Å². The van der Waals surface area contributed by atoms with E-state index in [0.717, 1.165) is 0 Å². The summed E-state index contributed by atoms with van der Waals surface area (Å²) >= 11 is 5.85. The lowest BCUT2D eigenvalue weighted by Crippen LogP contribution is -2.13. The van der Waals surface area contributed by atoms with Crippen LogP contribution in [-0.2, 0) is 10.0 Å². The summed E-state index contributed by atoms with van der Waals surface area (Å²) in [5.74, 6) is 0.348. The molecule has 20 heavy (non-hydrogen) atoms. The highest BCUT2D eigenvalue weighted by atomic mass is 35.5. The first-order valence-electron chi connectivity index (χ1n) is 5.58. The number of halogens is 1. The molecule has 0 aliphatic rings. The molecule has 0 bridgehead atoms. The molecule has 0 heterocycles. The summed E-state index contributed by atoms with van der Waals surface area (Å²) < 4.78 is 31.9. The van der Waals surface area contributed by atoms with Crippen molar-refractivity contribution in [1.29, 1.82) is 0 Å². The molecule has 2 N–H and O–H groups in total. The van der Waals surface area contributed by atoms with Crippen LogP contribution in [-0.4, -0.2) is 20.6 Å². The number of aromatic hydroxyl groups is 1. The number of anilines is 1. The molecule has 0 amide bonds. The van der Waals surface area contributed by atoms with Crippen molar-refractivity contribution >= 4 is 27.3 Å². The van der Waals surface area contributed by atoms with Gasteiger partial charge in [0.2, 0.25) is 0 Å². The van der Waals surface area contributed by atoms with E-state index in [-0.39, 0.29) is 16.3 Å². The highest BCUT2D eigenvalue weighted by Crippen LogP contribution is 2.29. The maximum absolute atomic E-state index is 12.2. The molecule has 0 radical (unpaired) electrons. The normalized spacial score (nSPS) is 11.1. The zero-order chi connectivity index (χ0) is 14.8. The summed E-state index contributed by atoms with van der Waals surface area (Å²) in [5.41, 5.74) is 0.244. The van der Waals surface area contributed by atoms with Gasteiger partial charge in [0.15, 0.2) is 0 Å². The Kier molecular flexibility index (Phi) is 4.06. The number of sulfonamides is 1. The molecular formula is C13H12ClNO4S. The van der Waals surface area contributed by atoms with E-state index in [1.54, 1.807) is 12.1 Å². The van der Waals surface area contributed by atoms with Crippen LogP contribution in [0.5, 0.6) is 11.5 Å². The average molecular weight is 314 g/mol. The molecule has 2 aromatic rings. The molecule has 0 aliphatic carbocycles. The van der Waals surface area contributed by atoms with Gasteiger partial charge < -0.3 is 9.84 Å². The van der Waals surface area contributed by atoms with E-state index in [1.165, 1.54) is 37.4 Å². The van der Waals surface area contributed by atoms with Gasteiger partial charge in [-0.1, -0.05) is 11.6 Å². The zero-order valence-electron chi connectivity index (χ0n) is 10.5. The Morgan fingerprint density at radius 2 is 1.80 bits per heavy atom. The van der Waals surface area contributed by atoms with Crippen molar-refractivity contribution in [3.8, 4) is 11.5 Å². The van der Waals surface area contributed by atoms with E-state index >= 15 is 0 Å². The van der Waals surface area contributed by atoms with Crippen LogP contribution in [0, 0.1) is 0 Å². The number of methoxy groups -OCH3 is 1. The van der Waals surface area contributed by atoms with Gasteiger partial charge >= 0.3 is 0 Å². The summed E-state index contributed by atoms with van der Waals surface area (Å²) in [6, 6.07) is 9.81.